The third-order valence-corrected chi connectivity index (χ3v) is 3.19. The van der Waals surface area contributed by atoms with Gasteiger partial charge in [0.05, 0.1) is 0 Å². The molecule has 2 rings (SSSR count). The molecule has 0 aliphatic carbocycles. The summed E-state index contributed by atoms with van der Waals surface area (Å²) in [7, 11) is 0. The maximum absolute atomic E-state index is 11.8. The zero-order valence-electron chi connectivity index (χ0n) is 10.7. The molecule has 6 heteroatoms. The summed E-state index contributed by atoms with van der Waals surface area (Å²) in [5, 5.41) is 14.4. The number of amides is 2. The molecule has 0 radical (unpaired) electrons. The minimum atomic E-state index is -0.0157. The van der Waals surface area contributed by atoms with Crippen LogP contribution >= 0.6 is 0 Å². The molecule has 102 valence electrons. The fourth-order valence-electron chi connectivity index (χ4n) is 2.06. The number of nitrogens with zero attached hydrogens (tertiary/aromatic N) is 2. The summed E-state index contributed by atoms with van der Waals surface area (Å²) in [4.78, 5) is 13.6. The van der Waals surface area contributed by atoms with Crippen molar-refractivity contribution in [3.8, 4) is 0 Å². The number of hydrogen-bond donors (Lipinski definition) is 3. The lowest BCUT2D eigenvalue weighted by Crippen LogP contribution is -2.37. The number of urea groups is 1. The second-order valence-electron chi connectivity index (χ2n) is 4.54. The van der Waals surface area contributed by atoms with Gasteiger partial charge >= 0.3 is 6.03 Å². The SMILES string of the molecule is NC(=NO)c1ccc(CNC(=O)N2CCCC2)cc1. The Labute approximate surface area is 111 Å². The number of amidine groups is 1. The molecule has 1 fully saturated rings. The molecule has 1 aromatic rings. The van der Waals surface area contributed by atoms with E-state index in [-0.39, 0.29) is 11.9 Å². The Hall–Kier alpha value is -2.24. The van der Waals surface area contributed by atoms with Gasteiger partial charge in [0, 0.05) is 25.2 Å². The van der Waals surface area contributed by atoms with Crippen LogP contribution in [0.25, 0.3) is 0 Å². The lowest BCUT2D eigenvalue weighted by molar-refractivity contribution is 0.208. The molecule has 1 heterocycles. The van der Waals surface area contributed by atoms with Crippen LogP contribution in [0.2, 0.25) is 0 Å². The summed E-state index contributed by atoms with van der Waals surface area (Å²) in [6.07, 6.45) is 2.17. The fraction of sp³-hybridized carbons (Fsp3) is 0.385. The molecule has 1 aromatic carbocycles. The zero-order valence-corrected chi connectivity index (χ0v) is 10.7. The average molecular weight is 262 g/mol. The van der Waals surface area contributed by atoms with Gasteiger partial charge in [-0.2, -0.15) is 0 Å². The Morgan fingerprint density at radius 3 is 2.53 bits per heavy atom. The van der Waals surface area contributed by atoms with E-state index < -0.39 is 0 Å². The van der Waals surface area contributed by atoms with E-state index >= 15 is 0 Å². The first-order valence-electron chi connectivity index (χ1n) is 6.30. The number of carbonyl (C=O) groups is 1. The molecule has 0 saturated carbocycles. The first-order chi connectivity index (χ1) is 9.20. The maximum Gasteiger partial charge on any atom is 0.317 e. The number of nitrogens with one attached hydrogen (secondary N) is 1. The lowest BCUT2D eigenvalue weighted by atomic mass is 10.1. The lowest BCUT2D eigenvalue weighted by Gasteiger charge is -2.16. The van der Waals surface area contributed by atoms with E-state index in [1.54, 1.807) is 12.1 Å². The zero-order chi connectivity index (χ0) is 13.7. The molecule has 2 amide bonds. The van der Waals surface area contributed by atoms with E-state index in [2.05, 4.69) is 10.5 Å². The molecule has 1 aliphatic heterocycles. The summed E-state index contributed by atoms with van der Waals surface area (Å²) < 4.78 is 0. The van der Waals surface area contributed by atoms with Gasteiger partial charge in [-0.05, 0) is 18.4 Å². The minimum absolute atomic E-state index is 0.0157. The van der Waals surface area contributed by atoms with Crippen LogP contribution < -0.4 is 11.1 Å². The van der Waals surface area contributed by atoms with Gasteiger partial charge in [0.1, 0.15) is 0 Å². The normalized spacial score (nSPS) is 15.6. The van der Waals surface area contributed by atoms with Crippen molar-refractivity contribution in [2.24, 2.45) is 10.9 Å². The summed E-state index contributed by atoms with van der Waals surface area (Å²) in [5.74, 6) is 0.0765. The number of hydrogen-bond acceptors (Lipinski definition) is 3. The van der Waals surface area contributed by atoms with E-state index in [0.717, 1.165) is 31.5 Å². The van der Waals surface area contributed by atoms with E-state index in [1.165, 1.54) is 0 Å². The molecule has 4 N–H and O–H groups in total. The largest absolute Gasteiger partial charge is 0.409 e. The van der Waals surface area contributed by atoms with Gasteiger partial charge in [0.15, 0.2) is 5.84 Å². The highest BCUT2D eigenvalue weighted by Gasteiger charge is 2.16. The first kappa shape index (κ1) is 13.2. The van der Waals surface area contributed by atoms with Gasteiger partial charge in [-0.15, -0.1) is 0 Å². The van der Waals surface area contributed by atoms with Crippen molar-refractivity contribution in [2.75, 3.05) is 13.1 Å². The Balaban J connectivity index is 1.87. The quantitative estimate of drug-likeness (QED) is 0.329. The highest BCUT2D eigenvalue weighted by atomic mass is 16.4. The number of likely N-dealkylation sites (tertiary alicyclic amines) is 1. The second-order valence-corrected chi connectivity index (χ2v) is 4.54. The third kappa shape index (κ3) is 3.37. The molecule has 0 spiro atoms. The average Bonchev–Trinajstić information content (AvgIpc) is 2.98. The van der Waals surface area contributed by atoms with Gasteiger partial charge in [0.2, 0.25) is 0 Å². The maximum atomic E-state index is 11.8. The van der Waals surface area contributed by atoms with Crippen LogP contribution in [0.4, 0.5) is 4.79 Å². The van der Waals surface area contributed by atoms with Crippen molar-refractivity contribution in [2.45, 2.75) is 19.4 Å². The number of nitrogens with two attached hydrogens (primary N) is 1. The van der Waals surface area contributed by atoms with Gasteiger partial charge in [-0.1, -0.05) is 29.4 Å². The molecule has 1 saturated heterocycles. The molecular formula is C13H18N4O2. The van der Waals surface area contributed by atoms with Crippen molar-refractivity contribution in [1.29, 1.82) is 0 Å². The van der Waals surface area contributed by atoms with Crippen molar-refractivity contribution >= 4 is 11.9 Å². The van der Waals surface area contributed by atoms with Crippen LogP contribution in [0, 0.1) is 0 Å². The van der Waals surface area contributed by atoms with Crippen LogP contribution in [0.1, 0.15) is 24.0 Å². The fourth-order valence-corrected chi connectivity index (χ4v) is 2.06. The Morgan fingerprint density at radius 1 is 1.32 bits per heavy atom. The van der Waals surface area contributed by atoms with Crippen LogP contribution in [-0.2, 0) is 6.54 Å². The topological polar surface area (TPSA) is 91.0 Å². The standard InChI is InChI=1S/C13H18N4O2/c14-12(16-19)11-5-3-10(4-6-11)9-15-13(18)17-7-1-2-8-17/h3-6,19H,1-2,7-9H2,(H2,14,16)(H,15,18). The molecule has 0 bridgehead atoms. The van der Waals surface area contributed by atoms with Crippen molar-refractivity contribution in [3.63, 3.8) is 0 Å². The van der Waals surface area contributed by atoms with E-state index in [1.807, 2.05) is 17.0 Å². The van der Waals surface area contributed by atoms with Gasteiger partial charge in [0.25, 0.3) is 0 Å². The predicted molar refractivity (Wildman–Crippen MR) is 72.0 cm³/mol. The van der Waals surface area contributed by atoms with Crippen LogP contribution in [-0.4, -0.2) is 35.1 Å². The number of carbonyl (C=O) groups excluding carboxylic acids is 1. The second kappa shape index (κ2) is 6.08. The molecule has 19 heavy (non-hydrogen) atoms. The van der Waals surface area contributed by atoms with Crippen molar-refractivity contribution in [1.82, 2.24) is 10.2 Å². The summed E-state index contributed by atoms with van der Waals surface area (Å²) >= 11 is 0. The minimum Gasteiger partial charge on any atom is -0.409 e. The van der Waals surface area contributed by atoms with E-state index in [4.69, 9.17) is 10.9 Å². The first-order valence-corrected chi connectivity index (χ1v) is 6.30. The van der Waals surface area contributed by atoms with Gasteiger partial charge < -0.3 is 21.2 Å². The third-order valence-electron chi connectivity index (χ3n) is 3.19. The Morgan fingerprint density at radius 2 is 1.95 bits per heavy atom. The van der Waals surface area contributed by atoms with Crippen LogP contribution in [0.15, 0.2) is 29.4 Å². The Kier molecular flexibility index (Phi) is 4.22. The molecule has 0 atom stereocenters. The smallest absolute Gasteiger partial charge is 0.317 e. The monoisotopic (exact) mass is 262 g/mol. The van der Waals surface area contributed by atoms with E-state index in [9.17, 15) is 4.79 Å². The molecule has 6 nitrogen and oxygen atoms in total. The van der Waals surface area contributed by atoms with Crippen molar-refractivity contribution in [3.05, 3.63) is 35.4 Å². The summed E-state index contributed by atoms with van der Waals surface area (Å²) in [5.41, 5.74) is 7.10. The number of oxime groups is 1. The van der Waals surface area contributed by atoms with Crippen LogP contribution in [0.3, 0.4) is 0 Å². The van der Waals surface area contributed by atoms with Crippen LogP contribution in [0.5, 0.6) is 0 Å². The molecule has 0 aromatic heterocycles. The molecule has 0 unspecified atom stereocenters. The highest BCUT2D eigenvalue weighted by molar-refractivity contribution is 5.96. The highest BCUT2D eigenvalue weighted by Crippen LogP contribution is 2.08. The predicted octanol–water partition coefficient (Wildman–Crippen LogP) is 1.09. The van der Waals surface area contributed by atoms with Gasteiger partial charge in [-0.3, -0.25) is 0 Å². The molecule has 1 aliphatic rings. The summed E-state index contributed by atoms with van der Waals surface area (Å²) in [6, 6.07) is 7.19. The number of rotatable bonds is 3. The van der Waals surface area contributed by atoms with E-state index in [0.29, 0.717) is 12.1 Å². The molecular weight excluding hydrogens is 244 g/mol. The van der Waals surface area contributed by atoms with Crippen molar-refractivity contribution < 1.29 is 10.0 Å². The Bertz CT molecular complexity index is 464. The number of benzene rings is 1. The summed E-state index contributed by atoms with van der Waals surface area (Å²) in [6.45, 7) is 2.16. The van der Waals surface area contributed by atoms with Gasteiger partial charge in [-0.25, -0.2) is 4.79 Å².